The molecule has 26 heteroatoms. The topological polar surface area (TPSA) is 193 Å². The molecule has 4 fully saturated rings. The van der Waals surface area contributed by atoms with Crippen molar-refractivity contribution in [3.8, 4) is 0 Å². The zero-order valence-electron chi connectivity index (χ0n) is 33.5. The molecular formula is C38H40F8N8O8S2. The number of sulfone groups is 2. The van der Waals surface area contributed by atoms with Crippen LogP contribution in [0.15, 0.2) is 57.5 Å². The van der Waals surface area contributed by atoms with Crippen LogP contribution in [-0.4, -0.2) is 121 Å². The molecule has 2 amide bonds. The molecule has 4 aliphatic rings. The molecule has 4 aliphatic heterocycles. The molecule has 2 atom stereocenters. The summed E-state index contributed by atoms with van der Waals surface area (Å²) in [5, 5.41) is 9.90. The van der Waals surface area contributed by atoms with Crippen molar-refractivity contribution in [3.63, 3.8) is 0 Å². The first-order chi connectivity index (χ1) is 30.1. The van der Waals surface area contributed by atoms with Gasteiger partial charge in [0.15, 0.2) is 0 Å². The number of carbonyl (C=O) groups excluding carboxylic acids is 2. The molecule has 2 aromatic carbocycles. The van der Waals surface area contributed by atoms with Crippen molar-refractivity contribution in [3.05, 3.63) is 83.1 Å². The largest absolute Gasteiger partial charge is 0.471 e. The standard InChI is InChI=1S/2C19H20F4N4O4S/c20-14-3-1-12(2-4-14)15-11-26(18-24-17(31-25-18)19(21,22)23)7-8-27(15)16(28)13-5-9-32(29,30)10-6-13;20-14-4-2-1-3-13(14)15-11-26(18-25-24-17(31-18)19(21,22)23)7-8-27(15)16(28)12-5-9-32(29,30)10-6-12/h1-4,13,15H,5-11H2;1-4,12,15H,5-11H2. The Morgan fingerprint density at radius 2 is 1.16 bits per heavy atom. The third kappa shape index (κ3) is 10.7. The van der Waals surface area contributed by atoms with Gasteiger partial charge in [0.25, 0.3) is 5.95 Å². The fraction of sp³-hybridized carbons (Fsp3) is 0.526. The van der Waals surface area contributed by atoms with E-state index in [-0.39, 0.29) is 117 Å². The van der Waals surface area contributed by atoms with Crippen molar-refractivity contribution >= 4 is 43.5 Å². The number of rotatable bonds is 6. The summed E-state index contributed by atoms with van der Waals surface area (Å²) < 4.78 is 161. The summed E-state index contributed by atoms with van der Waals surface area (Å²) in [5.74, 6) is -6.03. The Morgan fingerprint density at radius 3 is 1.67 bits per heavy atom. The molecule has 16 nitrogen and oxygen atoms in total. The molecule has 4 aromatic rings. The summed E-state index contributed by atoms with van der Waals surface area (Å²) in [6, 6.07) is 9.52. The average molecular weight is 953 g/mol. The van der Waals surface area contributed by atoms with Gasteiger partial charge >= 0.3 is 30.1 Å². The first-order valence-corrected chi connectivity index (χ1v) is 23.6. The van der Waals surface area contributed by atoms with E-state index in [1.807, 2.05) is 0 Å². The van der Waals surface area contributed by atoms with Crippen molar-refractivity contribution in [2.24, 2.45) is 11.8 Å². The van der Waals surface area contributed by atoms with Gasteiger partial charge in [0.2, 0.25) is 11.8 Å². The Balaban J connectivity index is 0.000000191. The SMILES string of the molecule is O=C(C1CCS(=O)(=O)CC1)N1CCN(c2nnc(C(F)(F)F)o2)CC1c1ccccc1F.O=C(C1CCS(=O)(=O)CC1)N1CCN(c2noc(C(F)(F)F)n2)CC1c1ccc(F)cc1. The molecule has 2 unspecified atom stereocenters. The van der Waals surface area contributed by atoms with Gasteiger partial charge in [0.05, 0.1) is 35.1 Å². The van der Waals surface area contributed by atoms with E-state index < -0.39 is 79.4 Å². The third-order valence-corrected chi connectivity index (χ3v) is 15.0. The van der Waals surface area contributed by atoms with Gasteiger partial charge in [0, 0.05) is 56.7 Å². The number of aromatic nitrogens is 4. The van der Waals surface area contributed by atoms with E-state index in [9.17, 15) is 61.5 Å². The van der Waals surface area contributed by atoms with E-state index in [4.69, 9.17) is 4.42 Å². The summed E-state index contributed by atoms with van der Waals surface area (Å²) in [6.45, 7) is 0.494. The highest BCUT2D eigenvalue weighted by Crippen LogP contribution is 2.36. The van der Waals surface area contributed by atoms with Gasteiger partial charge in [-0.3, -0.25) is 9.59 Å². The predicted molar refractivity (Wildman–Crippen MR) is 207 cm³/mol. The van der Waals surface area contributed by atoms with Crippen molar-refractivity contribution in [1.82, 2.24) is 30.1 Å². The molecular weight excluding hydrogens is 913 g/mol. The minimum Gasteiger partial charge on any atom is -0.399 e. The van der Waals surface area contributed by atoms with Gasteiger partial charge in [-0.25, -0.2) is 25.6 Å². The van der Waals surface area contributed by atoms with Crippen molar-refractivity contribution < 1.29 is 70.5 Å². The molecule has 0 N–H and O–H groups in total. The smallest absolute Gasteiger partial charge is 0.399 e. The first-order valence-electron chi connectivity index (χ1n) is 19.9. The van der Waals surface area contributed by atoms with E-state index in [0.717, 1.165) is 0 Å². The lowest BCUT2D eigenvalue weighted by atomic mass is 9.96. The van der Waals surface area contributed by atoms with E-state index in [2.05, 4.69) is 24.9 Å². The number of alkyl halides is 6. The van der Waals surface area contributed by atoms with E-state index in [0.29, 0.717) is 5.56 Å². The number of piperazine rings is 2. The molecule has 64 heavy (non-hydrogen) atoms. The molecule has 6 heterocycles. The summed E-state index contributed by atoms with van der Waals surface area (Å²) in [4.78, 5) is 35.8. The minimum absolute atomic E-state index is 0.0584. The Labute approximate surface area is 360 Å². The number of hydrogen-bond donors (Lipinski definition) is 0. The number of benzene rings is 2. The van der Waals surface area contributed by atoms with Crippen LogP contribution in [0.3, 0.4) is 0 Å². The van der Waals surface area contributed by atoms with Crippen LogP contribution in [0.5, 0.6) is 0 Å². The Kier molecular flexibility index (Phi) is 13.3. The lowest BCUT2D eigenvalue weighted by molar-refractivity contribution is -0.159. The Bertz CT molecular complexity index is 2510. The molecule has 8 rings (SSSR count). The fourth-order valence-corrected chi connectivity index (χ4v) is 11.1. The second-order valence-corrected chi connectivity index (χ2v) is 20.3. The highest BCUT2D eigenvalue weighted by atomic mass is 32.2. The van der Waals surface area contributed by atoms with Gasteiger partial charge in [-0.1, -0.05) is 35.4 Å². The van der Waals surface area contributed by atoms with E-state index in [1.165, 1.54) is 57.2 Å². The molecule has 0 spiro atoms. The van der Waals surface area contributed by atoms with Gasteiger partial charge < -0.3 is 28.5 Å². The summed E-state index contributed by atoms with van der Waals surface area (Å²) >= 11 is 0. The maximum absolute atomic E-state index is 14.6. The van der Waals surface area contributed by atoms with Crippen LogP contribution in [0.25, 0.3) is 0 Å². The van der Waals surface area contributed by atoms with Crippen LogP contribution in [0, 0.1) is 23.5 Å². The van der Waals surface area contributed by atoms with Crippen LogP contribution in [0.1, 0.15) is 60.7 Å². The molecule has 0 aliphatic carbocycles. The van der Waals surface area contributed by atoms with E-state index >= 15 is 0 Å². The third-order valence-electron chi connectivity index (χ3n) is 11.5. The van der Waals surface area contributed by atoms with Crippen LogP contribution in [-0.2, 0) is 41.6 Å². The van der Waals surface area contributed by atoms with Crippen LogP contribution in [0.4, 0.5) is 47.1 Å². The molecule has 348 valence electrons. The number of carbonyl (C=O) groups is 2. The predicted octanol–water partition coefficient (Wildman–Crippen LogP) is 4.88. The second kappa shape index (κ2) is 18.2. The van der Waals surface area contributed by atoms with Gasteiger partial charge in [-0.2, -0.15) is 31.3 Å². The Morgan fingerprint density at radius 1 is 0.641 bits per heavy atom. The summed E-state index contributed by atoms with van der Waals surface area (Å²) in [5.41, 5.74) is 0.789. The highest BCUT2D eigenvalue weighted by molar-refractivity contribution is 7.91. The van der Waals surface area contributed by atoms with Crippen molar-refractivity contribution in [1.29, 1.82) is 0 Å². The van der Waals surface area contributed by atoms with Gasteiger partial charge in [-0.05, 0) is 54.6 Å². The number of anilines is 2. The first kappa shape index (κ1) is 46.6. The number of hydrogen-bond acceptors (Lipinski definition) is 14. The molecule has 0 saturated carbocycles. The number of nitrogens with zero attached hydrogens (tertiary/aromatic N) is 8. The summed E-state index contributed by atoms with van der Waals surface area (Å²) in [7, 11) is -6.31. The molecule has 2 aromatic heterocycles. The van der Waals surface area contributed by atoms with Crippen LogP contribution in [0.2, 0.25) is 0 Å². The maximum Gasteiger partial charge on any atom is 0.471 e. The molecule has 4 saturated heterocycles. The normalized spacial score (nSPS) is 22.2. The highest BCUT2D eigenvalue weighted by Gasteiger charge is 2.44. The van der Waals surface area contributed by atoms with Gasteiger partial charge in [0.1, 0.15) is 31.3 Å². The van der Waals surface area contributed by atoms with Crippen molar-refractivity contribution in [2.45, 2.75) is 50.1 Å². The zero-order valence-corrected chi connectivity index (χ0v) is 35.1. The van der Waals surface area contributed by atoms with Crippen LogP contribution >= 0.6 is 0 Å². The molecule has 0 radical (unpaired) electrons. The fourth-order valence-electron chi connectivity index (χ4n) is 8.09. The number of halogens is 8. The summed E-state index contributed by atoms with van der Waals surface area (Å²) in [6.07, 6.45) is -8.77. The number of amides is 2. The quantitative estimate of drug-likeness (QED) is 0.238. The van der Waals surface area contributed by atoms with Crippen molar-refractivity contribution in [2.75, 3.05) is 72.1 Å². The monoisotopic (exact) mass is 952 g/mol. The van der Waals surface area contributed by atoms with Gasteiger partial charge in [-0.15, -0.1) is 5.10 Å². The second-order valence-electron chi connectivity index (χ2n) is 15.7. The minimum atomic E-state index is -4.80. The lowest BCUT2D eigenvalue weighted by Crippen LogP contribution is -2.53. The average Bonchev–Trinajstić information content (AvgIpc) is 3.96. The Hall–Kier alpha value is -5.40. The lowest BCUT2D eigenvalue weighted by Gasteiger charge is -2.43. The van der Waals surface area contributed by atoms with E-state index in [1.54, 1.807) is 11.0 Å². The zero-order chi connectivity index (χ0) is 46.2. The maximum atomic E-state index is 14.6. The van der Waals surface area contributed by atoms with Crippen LogP contribution < -0.4 is 9.80 Å². The molecule has 0 bridgehead atoms.